The molecule has 0 bridgehead atoms. The average Bonchev–Trinajstić information content (AvgIpc) is 2.04. The summed E-state index contributed by atoms with van der Waals surface area (Å²) in [5.74, 6) is 4.05. The maximum absolute atomic E-state index is 11.3. The van der Waals surface area contributed by atoms with E-state index >= 15 is 0 Å². The third kappa shape index (κ3) is 2.05. The molecule has 0 atom stereocenters. The summed E-state index contributed by atoms with van der Waals surface area (Å²) in [6.07, 6.45) is 0. The van der Waals surface area contributed by atoms with Gasteiger partial charge in [0.1, 0.15) is 0 Å². The van der Waals surface area contributed by atoms with Crippen LogP contribution in [0.3, 0.4) is 0 Å². The van der Waals surface area contributed by atoms with Crippen LogP contribution in [0.15, 0.2) is 18.2 Å². The summed E-state index contributed by atoms with van der Waals surface area (Å²) in [7, 11) is 0. The predicted molar refractivity (Wildman–Crippen MR) is 46.6 cm³/mol. The number of hydrogen-bond acceptors (Lipinski definition) is 4. The van der Waals surface area contributed by atoms with Gasteiger partial charge < -0.3 is 0 Å². The fraction of sp³-hybridized carbons (Fsp3) is 0.222. The summed E-state index contributed by atoms with van der Waals surface area (Å²) in [5, 5.41) is 0. The zero-order valence-corrected chi connectivity index (χ0v) is 7.53. The summed E-state index contributed by atoms with van der Waals surface area (Å²) >= 11 is 0. The Morgan fingerprint density at radius 2 is 1.85 bits per heavy atom. The molecule has 1 aromatic rings. The van der Waals surface area contributed by atoms with Crippen LogP contribution < -0.4 is 5.90 Å². The highest BCUT2D eigenvalue weighted by atomic mass is 17.3. The number of carbonyl (C=O) groups is 1. The van der Waals surface area contributed by atoms with Crippen molar-refractivity contribution in [3.63, 3.8) is 0 Å². The Morgan fingerprint density at radius 1 is 1.31 bits per heavy atom. The molecule has 0 unspecified atom stereocenters. The molecule has 0 aliphatic carbocycles. The van der Waals surface area contributed by atoms with E-state index < -0.39 is 5.97 Å². The molecule has 0 saturated heterocycles. The molecule has 0 saturated carbocycles. The molecule has 0 amide bonds. The summed E-state index contributed by atoms with van der Waals surface area (Å²) < 4.78 is 0. The first-order valence-corrected chi connectivity index (χ1v) is 3.80. The molecular formula is C9H11NO3. The lowest BCUT2D eigenvalue weighted by molar-refractivity contribution is -0.245. The highest BCUT2D eigenvalue weighted by Crippen LogP contribution is 2.14. The standard InChI is InChI=1S/C9H11NO3/c1-6-4-3-5-7(2)8(6)9(11)12-13-10/h3-5H,10H2,1-2H3. The van der Waals surface area contributed by atoms with Gasteiger partial charge in [-0.05, 0) is 25.0 Å². The van der Waals surface area contributed by atoms with Crippen molar-refractivity contribution in [3.05, 3.63) is 34.9 Å². The lowest BCUT2D eigenvalue weighted by atomic mass is 10.0. The van der Waals surface area contributed by atoms with Crippen LogP contribution in [0.5, 0.6) is 0 Å². The molecular weight excluding hydrogens is 170 g/mol. The molecule has 1 aromatic carbocycles. The van der Waals surface area contributed by atoms with Crippen molar-refractivity contribution in [3.8, 4) is 0 Å². The number of rotatable bonds is 2. The minimum absolute atomic E-state index is 0.493. The van der Waals surface area contributed by atoms with Gasteiger partial charge in [0.05, 0.1) is 5.56 Å². The zero-order chi connectivity index (χ0) is 9.84. The van der Waals surface area contributed by atoms with E-state index in [0.29, 0.717) is 5.56 Å². The average molecular weight is 181 g/mol. The van der Waals surface area contributed by atoms with Gasteiger partial charge in [-0.3, -0.25) is 4.89 Å². The highest BCUT2D eigenvalue weighted by molar-refractivity contribution is 5.92. The molecule has 4 heteroatoms. The van der Waals surface area contributed by atoms with Gasteiger partial charge in [-0.25, -0.2) is 4.79 Å². The second kappa shape index (κ2) is 4.02. The smallest absolute Gasteiger partial charge is 0.275 e. The highest BCUT2D eigenvalue weighted by Gasteiger charge is 2.13. The van der Waals surface area contributed by atoms with Gasteiger partial charge in [0.15, 0.2) is 0 Å². The SMILES string of the molecule is Cc1cccc(C)c1C(=O)OON. The zero-order valence-electron chi connectivity index (χ0n) is 7.53. The second-order valence-electron chi connectivity index (χ2n) is 2.73. The van der Waals surface area contributed by atoms with E-state index in [-0.39, 0.29) is 0 Å². The predicted octanol–water partition coefficient (Wildman–Crippen LogP) is 1.27. The molecule has 0 aliphatic heterocycles. The summed E-state index contributed by atoms with van der Waals surface area (Å²) in [4.78, 5) is 19.3. The molecule has 2 N–H and O–H groups in total. The van der Waals surface area contributed by atoms with Gasteiger partial charge in [0.2, 0.25) is 0 Å². The molecule has 0 aliphatic rings. The minimum Gasteiger partial charge on any atom is -0.275 e. The van der Waals surface area contributed by atoms with Crippen molar-refractivity contribution in [2.24, 2.45) is 5.90 Å². The normalized spacial score (nSPS) is 9.77. The van der Waals surface area contributed by atoms with Crippen LogP contribution in [0.4, 0.5) is 0 Å². The maximum atomic E-state index is 11.3. The third-order valence-electron chi connectivity index (χ3n) is 1.81. The monoisotopic (exact) mass is 181 g/mol. The van der Waals surface area contributed by atoms with E-state index in [1.54, 1.807) is 0 Å². The van der Waals surface area contributed by atoms with Crippen molar-refractivity contribution in [2.45, 2.75) is 13.8 Å². The minimum atomic E-state index is -0.571. The van der Waals surface area contributed by atoms with E-state index in [1.807, 2.05) is 32.0 Å². The molecule has 1 rings (SSSR count). The van der Waals surface area contributed by atoms with Crippen LogP contribution in [0.25, 0.3) is 0 Å². The Balaban J connectivity index is 3.05. The second-order valence-corrected chi connectivity index (χ2v) is 2.73. The Morgan fingerprint density at radius 3 is 2.31 bits per heavy atom. The first-order valence-electron chi connectivity index (χ1n) is 3.80. The van der Waals surface area contributed by atoms with Gasteiger partial charge >= 0.3 is 5.97 Å². The van der Waals surface area contributed by atoms with Crippen LogP contribution in [-0.2, 0) is 9.88 Å². The van der Waals surface area contributed by atoms with Gasteiger partial charge in [0.25, 0.3) is 0 Å². The quantitative estimate of drug-likeness (QED) is 0.551. The number of benzene rings is 1. The number of nitrogens with two attached hydrogens (primary N) is 1. The molecule has 0 heterocycles. The van der Waals surface area contributed by atoms with E-state index in [1.165, 1.54) is 0 Å². The Kier molecular flexibility index (Phi) is 3.00. The Bertz CT molecular complexity index is 302. The third-order valence-corrected chi connectivity index (χ3v) is 1.81. The number of carbonyl (C=O) groups excluding carboxylic acids is 1. The lowest BCUT2D eigenvalue weighted by Gasteiger charge is -2.05. The molecule has 13 heavy (non-hydrogen) atoms. The largest absolute Gasteiger partial charge is 0.375 e. The van der Waals surface area contributed by atoms with Gasteiger partial charge in [-0.2, -0.15) is 5.90 Å². The summed E-state index contributed by atoms with van der Waals surface area (Å²) in [6, 6.07) is 5.50. The number of aryl methyl sites for hydroxylation is 2. The first kappa shape index (κ1) is 9.70. The van der Waals surface area contributed by atoms with Crippen LogP contribution in [-0.4, -0.2) is 5.97 Å². The van der Waals surface area contributed by atoms with Crippen LogP contribution >= 0.6 is 0 Å². The maximum Gasteiger partial charge on any atom is 0.375 e. The van der Waals surface area contributed by atoms with Crippen LogP contribution in [0, 0.1) is 13.8 Å². The summed E-state index contributed by atoms with van der Waals surface area (Å²) in [5.41, 5.74) is 2.16. The molecule has 4 nitrogen and oxygen atoms in total. The van der Waals surface area contributed by atoms with Crippen molar-refractivity contribution in [1.82, 2.24) is 0 Å². The van der Waals surface area contributed by atoms with E-state index in [2.05, 4.69) is 15.8 Å². The van der Waals surface area contributed by atoms with Crippen LogP contribution in [0.1, 0.15) is 21.5 Å². The fourth-order valence-electron chi connectivity index (χ4n) is 1.22. The Hall–Kier alpha value is -1.39. The van der Waals surface area contributed by atoms with E-state index in [4.69, 9.17) is 0 Å². The molecule has 0 fully saturated rings. The van der Waals surface area contributed by atoms with Crippen molar-refractivity contribution in [1.29, 1.82) is 0 Å². The van der Waals surface area contributed by atoms with Gasteiger partial charge in [-0.15, -0.1) is 0 Å². The fourth-order valence-corrected chi connectivity index (χ4v) is 1.22. The molecule has 0 aromatic heterocycles. The molecule has 70 valence electrons. The number of hydrogen-bond donors (Lipinski definition) is 1. The van der Waals surface area contributed by atoms with Gasteiger partial charge in [0, 0.05) is 0 Å². The van der Waals surface area contributed by atoms with Crippen LogP contribution in [0.2, 0.25) is 0 Å². The van der Waals surface area contributed by atoms with Gasteiger partial charge in [-0.1, -0.05) is 23.2 Å². The first-order chi connectivity index (χ1) is 6.16. The summed E-state index contributed by atoms with van der Waals surface area (Å²) in [6.45, 7) is 3.64. The Labute approximate surface area is 76.1 Å². The van der Waals surface area contributed by atoms with E-state index in [9.17, 15) is 4.79 Å². The molecule has 0 radical (unpaired) electrons. The topological polar surface area (TPSA) is 61.5 Å². The van der Waals surface area contributed by atoms with Crippen molar-refractivity contribution >= 4 is 5.97 Å². The molecule has 0 spiro atoms. The van der Waals surface area contributed by atoms with Crippen molar-refractivity contribution in [2.75, 3.05) is 0 Å². The lowest BCUT2D eigenvalue weighted by Crippen LogP contribution is -2.12. The van der Waals surface area contributed by atoms with Crippen molar-refractivity contribution < 1.29 is 14.7 Å². The van der Waals surface area contributed by atoms with E-state index in [0.717, 1.165) is 11.1 Å².